The molecule has 1 saturated heterocycles. The van der Waals surface area contributed by atoms with Crippen LogP contribution in [0.4, 0.5) is 0 Å². The van der Waals surface area contributed by atoms with Gasteiger partial charge in [0.25, 0.3) is 5.91 Å². The lowest BCUT2D eigenvalue weighted by atomic mass is 9.96. The number of hydrogen-bond acceptors (Lipinski definition) is 4. The zero-order valence-corrected chi connectivity index (χ0v) is 17.7. The van der Waals surface area contributed by atoms with E-state index in [0.29, 0.717) is 18.3 Å². The second-order valence-corrected chi connectivity index (χ2v) is 7.78. The number of rotatable bonds is 7. The molecule has 30 heavy (non-hydrogen) atoms. The van der Waals surface area contributed by atoms with Crippen LogP contribution in [0.1, 0.15) is 25.6 Å². The van der Waals surface area contributed by atoms with Crippen molar-refractivity contribution in [2.75, 3.05) is 26.3 Å². The van der Waals surface area contributed by atoms with Gasteiger partial charge in [0.1, 0.15) is 17.3 Å². The van der Waals surface area contributed by atoms with Crippen molar-refractivity contribution >= 4 is 16.9 Å². The zero-order valence-electron chi connectivity index (χ0n) is 17.7. The molecule has 0 N–H and O–H groups in total. The summed E-state index contributed by atoms with van der Waals surface area (Å²) in [5.74, 6) is 3.14. The SMILES string of the molecule is CCOc1ccc(OCC(=O)N2CCC(Cn3c(C)nc4ccccc43)CC2)cc1. The van der Waals surface area contributed by atoms with E-state index in [9.17, 15) is 4.79 Å². The van der Waals surface area contributed by atoms with Gasteiger partial charge in [0, 0.05) is 19.6 Å². The fourth-order valence-corrected chi connectivity index (χ4v) is 4.08. The Hall–Kier alpha value is -3.02. The monoisotopic (exact) mass is 407 g/mol. The Labute approximate surface area is 177 Å². The van der Waals surface area contributed by atoms with Crippen molar-refractivity contribution < 1.29 is 14.3 Å². The summed E-state index contributed by atoms with van der Waals surface area (Å²) in [7, 11) is 0. The number of piperidine rings is 1. The van der Waals surface area contributed by atoms with E-state index in [2.05, 4.69) is 34.7 Å². The normalized spacial score (nSPS) is 14.8. The largest absolute Gasteiger partial charge is 0.494 e. The van der Waals surface area contributed by atoms with Crippen molar-refractivity contribution in [2.24, 2.45) is 5.92 Å². The van der Waals surface area contributed by atoms with Gasteiger partial charge in [0.15, 0.2) is 6.61 Å². The van der Waals surface area contributed by atoms with Crippen LogP contribution in [-0.4, -0.2) is 46.7 Å². The number of para-hydroxylation sites is 2. The number of likely N-dealkylation sites (tertiary alicyclic amines) is 1. The minimum Gasteiger partial charge on any atom is -0.494 e. The molecule has 1 fully saturated rings. The highest BCUT2D eigenvalue weighted by molar-refractivity contribution is 5.78. The standard InChI is InChI=1S/C24H29N3O3/c1-3-29-20-8-10-21(11-9-20)30-17-24(28)26-14-12-19(13-15-26)16-27-18(2)25-22-6-4-5-7-23(22)27/h4-11,19H,3,12-17H2,1-2H3. The van der Waals surface area contributed by atoms with Gasteiger partial charge in [-0.1, -0.05) is 12.1 Å². The molecular formula is C24H29N3O3. The van der Waals surface area contributed by atoms with Crippen molar-refractivity contribution in [3.63, 3.8) is 0 Å². The molecule has 6 heteroatoms. The molecule has 0 unspecified atom stereocenters. The number of amides is 1. The maximum absolute atomic E-state index is 12.6. The smallest absolute Gasteiger partial charge is 0.260 e. The second-order valence-electron chi connectivity index (χ2n) is 7.78. The van der Waals surface area contributed by atoms with Crippen LogP contribution in [0.2, 0.25) is 0 Å². The number of carbonyl (C=O) groups excluding carboxylic acids is 1. The van der Waals surface area contributed by atoms with Crippen LogP contribution in [0.25, 0.3) is 11.0 Å². The number of imidazole rings is 1. The highest BCUT2D eigenvalue weighted by Gasteiger charge is 2.24. The Bertz CT molecular complexity index is 989. The van der Waals surface area contributed by atoms with Gasteiger partial charge in [-0.2, -0.15) is 0 Å². The molecule has 0 aliphatic carbocycles. The van der Waals surface area contributed by atoms with E-state index in [4.69, 9.17) is 9.47 Å². The fourth-order valence-electron chi connectivity index (χ4n) is 4.08. The van der Waals surface area contributed by atoms with Crippen LogP contribution >= 0.6 is 0 Å². The first kappa shape index (κ1) is 20.3. The summed E-state index contributed by atoms with van der Waals surface area (Å²) < 4.78 is 13.4. The number of fused-ring (bicyclic) bond motifs is 1. The second kappa shape index (κ2) is 9.20. The van der Waals surface area contributed by atoms with Crippen LogP contribution < -0.4 is 9.47 Å². The Morgan fingerprint density at radius 2 is 1.70 bits per heavy atom. The summed E-state index contributed by atoms with van der Waals surface area (Å²) in [5.41, 5.74) is 2.24. The van der Waals surface area contributed by atoms with Crippen molar-refractivity contribution in [3.05, 3.63) is 54.4 Å². The summed E-state index contributed by atoms with van der Waals surface area (Å²) >= 11 is 0. The number of ether oxygens (including phenoxy) is 2. The number of hydrogen-bond donors (Lipinski definition) is 0. The predicted octanol–water partition coefficient (Wildman–Crippen LogP) is 4.06. The molecule has 2 heterocycles. The van der Waals surface area contributed by atoms with E-state index in [1.165, 1.54) is 5.52 Å². The third kappa shape index (κ3) is 4.58. The Kier molecular flexibility index (Phi) is 6.21. The summed E-state index contributed by atoms with van der Waals surface area (Å²) in [6.07, 6.45) is 2.00. The maximum atomic E-state index is 12.6. The first-order chi connectivity index (χ1) is 14.6. The third-order valence-corrected chi connectivity index (χ3v) is 5.75. The summed E-state index contributed by atoms with van der Waals surface area (Å²) in [5, 5.41) is 0. The average molecular weight is 408 g/mol. The summed E-state index contributed by atoms with van der Waals surface area (Å²) in [6.45, 7) is 7.23. The number of aromatic nitrogens is 2. The van der Waals surface area contributed by atoms with Crippen LogP contribution in [0.3, 0.4) is 0 Å². The molecule has 3 aromatic rings. The molecule has 0 radical (unpaired) electrons. The Morgan fingerprint density at radius 3 is 2.40 bits per heavy atom. The Morgan fingerprint density at radius 1 is 1.03 bits per heavy atom. The van der Waals surface area contributed by atoms with Crippen molar-refractivity contribution in [1.29, 1.82) is 0 Å². The van der Waals surface area contributed by atoms with Gasteiger partial charge >= 0.3 is 0 Å². The van der Waals surface area contributed by atoms with Gasteiger partial charge in [-0.3, -0.25) is 4.79 Å². The lowest BCUT2D eigenvalue weighted by Crippen LogP contribution is -2.41. The summed E-state index contributed by atoms with van der Waals surface area (Å²) in [6, 6.07) is 15.7. The van der Waals surface area contributed by atoms with Crippen molar-refractivity contribution in [1.82, 2.24) is 14.5 Å². The van der Waals surface area contributed by atoms with E-state index < -0.39 is 0 Å². The van der Waals surface area contributed by atoms with Crippen LogP contribution in [0, 0.1) is 12.8 Å². The first-order valence-electron chi connectivity index (χ1n) is 10.7. The van der Waals surface area contributed by atoms with Crippen molar-refractivity contribution in [3.8, 4) is 11.5 Å². The van der Waals surface area contributed by atoms with E-state index in [0.717, 1.165) is 49.6 Å². The molecule has 0 spiro atoms. The number of benzene rings is 2. The highest BCUT2D eigenvalue weighted by atomic mass is 16.5. The molecule has 0 atom stereocenters. The quantitative estimate of drug-likeness (QED) is 0.593. The topological polar surface area (TPSA) is 56.6 Å². The van der Waals surface area contributed by atoms with Gasteiger partial charge in [-0.25, -0.2) is 4.98 Å². The van der Waals surface area contributed by atoms with Gasteiger partial charge in [0.05, 0.1) is 17.6 Å². The lowest BCUT2D eigenvalue weighted by Gasteiger charge is -2.32. The minimum atomic E-state index is 0.0478. The van der Waals surface area contributed by atoms with Crippen molar-refractivity contribution in [2.45, 2.75) is 33.2 Å². The Balaban J connectivity index is 1.26. The molecule has 6 nitrogen and oxygen atoms in total. The molecule has 1 aliphatic heterocycles. The van der Waals surface area contributed by atoms with Crippen LogP contribution in [0.5, 0.6) is 11.5 Å². The molecule has 1 aromatic heterocycles. The van der Waals surface area contributed by atoms with E-state index in [1.807, 2.05) is 42.2 Å². The maximum Gasteiger partial charge on any atom is 0.260 e. The number of aryl methyl sites for hydroxylation is 1. The van der Waals surface area contributed by atoms with Crippen LogP contribution in [0.15, 0.2) is 48.5 Å². The summed E-state index contributed by atoms with van der Waals surface area (Å²) in [4.78, 5) is 19.1. The van der Waals surface area contributed by atoms with Gasteiger partial charge in [-0.15, -0.1) is 0 Å². The molecule has 2 aromatic carbocycles. The van der Waals surface area contributed by atoms with E-state index in [-0.39, 0.29) is 12.5 Å². The molecular weight excluding hydrogens is 378 g/mol. The zero-order chi connectivity index (χ0) is 20.9. The fraction of sp³-hybridized carbons (Fsp3) is 0.417. The molecule has 0 saturated carbocycles. The van der Waals surface area contributed by atoms with Gasteiger partial charge < -0.3 is 18.9 Å². The lowest BCUT2D eigenvalue weighted by molar-refractivity contribution is -0.134. The molecule has 158 valence electrons. The first-order valence-corrected chi connectivity index (χ1v) is 10.7. The molecule has 1 amide bonds. The average Bonchev–Trinajstić information content (AvgIpc) is 3.09. The highest BCUT2D eigenvalue weighted by Crippen LogP contribution is 2.24. The van der Waals surface area contributed by atoms with E-state index in [1.54, 1.807) is 0 Å². The molecule has 1 aliphatic rings. The number of carbonyl (C=O) groups is 1. The third-order valence-electron chi connectivity index (χ3n) is 5.75. The van der Waals surface area contributed by atoms with Crippen LogP contribution in [-0.2, 0) is 11.3 Å². The predicted molar refractivity (Wildman–Crippen MR) is 117 cm³/mol. The van der Waals surface area contributed by atoms with Gasteiger partial charge in [0.2, 0.25) is 0 Å². The number of nitrogens with zero attached hydrogens (tertiary/aromatic N) is 3. The minimum absolute atomic E-state index is 0.0478. The van der Waals surface area contributed by atoms with E-state index >= 15 is 0 Å². The molecule has 0 bridgehead atoms. The molecule has 4 rings (SSSR count). The van der Waals surface area contributed by atoms with Gasteiger partial charge in [-0.05, 0) is 69.0 Å².